The third-order valence-electron chi connectivity index (χ3n) is 2.75. The molecule has 0 atom stereocenters. The highest BCUT2D eigenvalue weighted by molar-refractivity contribution is 7.13. The van der Waals surface area contributed by atoms with E-state index in [1.165, 1.54) is 17.7 Å². The monoisotopic (exact) mass is 300 g/mol. The second-order valence-electron chi connectivity index (χ2n) is 4.32. The molecular formula is C13H12N6OS. The average molecular weight is 300 g/mol. The van der Waals surface area contributed by atoms with Crippen LogP contribution in [0.2, 0.25) is 0 Å². The Morgan fingerprint density at radius 1 is 1.43 bits per heavy atom. The van der Waals surface area contributed by atoms with Crippen molar-refractivity contribution in [1.82, 2.24) is 19.7 Å². The van der Waals surface area contributed by atoms with Crippen molar-refractivity contribution in [2.75, 3.05) is 11.1 Å². The zero-order valence-corrected chi connectivity index (χ0v) is 11.7. The van der Waals surface area contributed by atoms with E-state index in [1.807, 2.05) is 24.3 Å². The van der Waals surface area contributed by atoms with E-state index in [2.05, 4.69) is 20.4 Å². The first kappa shape index (κ1) is 13.3. The van der Waals surface area contributed by atoms with Gasteiger partial charge in [0.15, 0.2) is 5.13 Å². The van der Waals surface area contributed by atoms with Crippen LogP contribution in [0.5, 0.6) is 0 Å². The van der Waals surface area contributed by atoms with E-state index in [4.69, 9.17) is 5.73 Å². The maximum Gasteiger partial charge on any atom is 0.275 e. The number of aromatic nitrogens is 4. The molecule has 0 saturated carbocycles. The van der Waals surface area contributed by atoms with E-state index in [9.17, 15) is 4.79 Å². The molecule has 106 valence electrons. The van der Waals surface area contributed by atoms with Crippen LogP contribution in [0, 0.1) is 0 Å². The first-order valence-electron chi connectivity index (χ1n) is 6.14. The Bertz CT molecular complexity index is 752. The van der Waals surface area contributed by atoms with Crippen molar-refractivity contribution in [3.05, 3.63) is 53.6 Å². The minimum atomic E-state index is -0.277. The van der Waals surface area contributed by atoms with E-state index >= 15 is 0 Å². The van der Waals surface area contributed by atoms with Gasteiger partial charge in [-0.1, -0.05) is 12.1 Å². The zero-order chi connectivity index (χ0) is 14.7. The molecule has 0 fully saturated rings. The van der Waals surface area contributed by atoms with Crippen molar-refractivity contribution >= 4 is 28.1 Å². The first-order valence-corrected chi connectivity index (χ1v) is 7.02. The molecular weight excluding hydrogens is 288 g/mol. The molecule has 0 bridgehead atoms. The summed E-state index contributed by atoms with van der Waals surface area (Å²) in [6, 6.07) is 7.53. The Labute approximate surface area is 124 Å². The SMILES string of the molecule is Nc1nc(C(=O)Nc2cccc(Cn3cncn3)c2)cs1. The predicted molar refractivity (Wildman–Crippen MR) is 80.0 cm³/mol. The topological polar surface area (TPSA) is 98.7 Å². The summed E-state index contributed by atoms with van der Waals surface area (Å²) in [5.41, 5.74) is 7.55. The lowest BCUT2D eigenvalue weighted by Gasteiger charge is -2.06. The summed E-state index contributed by atoms with van der Waals surface area (Å²) in [5.74, 6) is -0.277. The standard InChI is InChI=1S/C13H12N6OS/c14-13-18-11(6-21-13)12(20)17-10-3-1-2-9(4-10)5-19-8-15-7-16-19/h1-4,6-8H,5H2,(H2,14,18)(H,17,20). The lowest BCUT2D eigenvalue weighted by atomic mass is 10.2. The van der Waals surface area contributed by atoms with Crippen LogP contribution in [0.3, 0.4) is 0 Å². The van der Waals surface area contributed by atoms with E-state index < -0.39 is 0 Å². The maximum atomic E-state index is 12.0. The number of nitrogens with one attached hydrogen (secondary N) is 1. The number of carbonyl (C=O) groups excluding carboxylic acids is 1. The van der Waals surface area contributed by atoms with Gasteiger partial charge in [-0.05, 0) is 17.7 Å². The molecule has 0 aliphatic carbocycles. The van der Waals surface area contributed by atoms with Gasteiger partial charge in [-0.25, -0.2) is 14.6 Å². The van der Waals surface area contributed by atoms with Gasteiger partial charge in [0.05, 0.1) is 6.54 Å². The van der Waals surface area contributed by atoms with E-state index in [1.54, 1.807) is 16.4 Å². The van der Waals surface area contributed by atoms with Crippen LogP contribution in [0.1, 0.15) is 16.1 Å². The fourth-order valence-electron chi connectivity index (χ4n) is 1.84. The summed E-state index contributed by atoms with van der Waals surface area (Å²) < 4.78 is 1.71. The highest BCUT2D eigenvalue weighted by atomic mass is 32.1. The number of carbonyl (C=O) groups is 1. The summed E-state index contributed by atoms with van der Waals surface area (Å²) in [5, 5.41) is 8.85. The van der Waals surface area contributed by atoms with Crippen LogP contribution in [-0.4, -0.2) is 25.7 Å². The van der Waals surface area contributed by atoms with Crippen LogP contribution >= 0.6 is 11.3 Å². The molecule has 3 rings (SSSR count). The number of nitrogens with zero attached hydrogens (tertiary/aromatic N) is 4. The van der Waals surface area contributed by atoms with Gasteiger partial charge in [-0.2, -0.15) is 5.10 Å². The summed E-state index contributed by atoms with van der Waals surface area (Å²) in [6.45, 7) is 0.591. The largest absolute Gasteiger partial charge is 0.375 e. The molecule has 2 aromatic heterocycles. The molecule has 3 N–H and O–H groups in total. The van der Waals surface area contributed by atoms with Crippen molar-refractivity contribution in [3.8, 4) is 0 Å². The van der Waals surface area contributed by atoms with Crippen LogP contribution in [-0.2, 0) is 6.54 Å². The highest BCUT2D eigenvalue weighted by Gasteiger charge is 2.10. The number of nitrogens with two attached hydrogens (primary N) is 1. The van der Waals surface area contributed by atoms with Gasteiger partial charge in [-0.3, -0.25) is 4.79 Å². The average Bonchev–Trinajstić information content (AvgIpc) is 3.11. The second kappa shape index (κ2) is 5.71. The third kappa shape index (κ3) is 3.23. The van der Waals surface area contributed by atoms with Gasteiger partial charge in [0.1, 0.15) is 18.3 Å². The van der Waals surface area contributed by atoms with Gasteiger partial charge in [0.25, 0.3) is 5.91 Å². The van der Waals surface area contributed by atoms with Crippen molar-refractivity contribution in [1.29, 1.82) is 0 Å². The lowest BCUT2D eigenvalue weighted by Crippen LogP contribution is -2.12. The van der Waals surface area contributed by atoms with Crippen molar-refractivity contribution in [2.24, 2.45) is 0 Å². The van der Waals surface area contributed by atoms with Crippen molar-refractivity contribution in [2.45, 2.75) is 6.54 Å². The highest BCUT2D eigenvalue weighted by Crippen LogP contribution is 2.15. The smallest absolute Gasteiger partial charge is 0.275 e. The minimum absolute atomic E-state index is 0.277. The lowest BCUT2D eigenvalue weighted by molar-refractivity contribution is 0.102. The Hall–Kier alpha value is -2.74. The number of nitrogen functional groups attached to an aromatic ring is 1. The third-order valence-corrected chi connectivity index (χ3v) is 3.42. The molecule has 0 unspecified atom stereocenters. The van der Waals surface area contributed by atoms with Crippen LogP contribution < -0.4 is 11.1 Å². The quantitative estimate of drug-likeness (QED) is 0.762. The summed E-state index contributed by atoms with van der Waals surface area (Å²) >= 11 is 1.24. The number of amides is 1. The van der Waals surface area contributed by atoms with Crippen LogP contribution in [0.25, 0.3) is 0 Å². The molecule has 0 spiro atoms. The van der Waals surface area contributed by atoms with Crippen LogP contribution in [0.4, 0.5) is 10.8 Å². The molecule has 1 aromatic carbocycles. The second-order valence-corrected chi connectivity index (χ2v) is 5.21. The Morgan fingerprint density at radius 3 is 3.05 bits per heavy atom. The maximum absolute atomic E-state index is 12.0. The molecule has 0 aliphatic rings. The van der Waals surface area contributed by atoms with Gasteiger partial charge < -0.3 is 11.1 Å². The number of benzene rings is 1. The van der Waals surface area contributed by atoms with E-state index in [0.29, 0.717) is 23.1 Å². The molecule has 8 heteroatoms. The number of hydrogen-bond acceptors (Lipinski definition) is 6. The molecule has 0 radical (unpaired) electrons. The predicted octanol–water partition coefficient (Wildman–Crippen LogP) is 1.62. The van der Waals surface area contributed by atoms with E-state index in [-0.39, 0.29) is 5.91 Å². The van der Waals surface area contributed by atoms with Gasteiger partial charge in [-0.15, -0.1) is 11.3 Å². The number of anilines is 2. The molecule has 21 heavy (non-hydrogen) atoms. The summed E-state index contributed by atoms with van der Waals surface area (Å²) in [7, 11) is 0. The normalized spacial score (nSPS) is 10.5. The molecule has 1 amide bonds. The zero-order valence-electron chi connectivity index (χ0n) is 10.9. The Kier molecular flexibility index (Phi) is 3.61. The van der Waals surface area contributed by atoms with Gasteiger partial charge in [0.2, 0.25) is 0 Å². The molecule has 7 nitrogen and oxygen atoms in total. The van der Waals surface area contributed by atoms with Gasteiger partial charge >= 0.3 is 0 Å². The number of thiazole rings is 1. The minimum Gasteiger partial charge on any atom is -0.375 e. The fraction of sp³-hybridized carbons (Fsp3) is 0.0769. The first-order chi connectivity index (χ1) is 10.2. The molecule has 3 aromatic rings. The Balaban J connectivity index is 1.72. The Morgan fingerprint density at radius 2 is 2.33 bits per heavy atom. The molecule has 0 saturated heterocycles. The van der Waals surface area contributed by atoms with Crippen molar-refractivity contribution in [3.63, 3.8) is 0 Å². The fourth-order valence-corrected chi connectivity index (χ4v) is 2.38. The van der Waals surface area contributed by atoms with Gasteiger partial charge in [0, 0.05) is 11.1 Å². The number of hydrogen-bond donors (Lipinski definition) is 2. The van der Waals surface area contributed by atoms with Crippen LogP contribution in [0.15, 0.2) is 42.3 Å². The number of rotatable bonds is 4. The summed E-state index contributed by atoms with van der Waals surface area (Å²) in [4.78, 5) is 19.9. The molecule has 0 aliphatic heterocycles. The van der Waals surface area contributed by atoms with Crippen molar-refractivity contribution < 1.29 is 4.79 Å². The summed E-state index contributed by atoms with van der Waals surface area (Å²) in [6.07, 6.45) is 3.13. The van der Waals surface area contributed by atoms with E-state index in [0.717, 1.165) is 5.56 Å². The molecule has 2 heterocycles.